The first-order chi connectivity index (χ1) is 12.6. The number of aliphatic hydroxyl groups excluding tert-OH is 1. The molecular weight excluding hydrogens is 458 g/mol. The molecule has 1 atom stereocenters. The number of sulfone groups is 1. The van der Waals surface area contributed by atoms with Gasteiger partial charge in [-0.05, 0) is 28.1 Å². The van der Waals surface area contributed by atoms with Crippen molar-refractivity contribution in [3.05, 3.63) is 52.0 Å². The lowest BCUT2D eigenvalue weighted by molar-refractivity contribution is 0.0508. The number of ether oxygens (including phenoxy) is 1. The zero-order chi connectivity index (χ0) is 20.0. The van der Waals surface area contributed by atoms with E-state index in [9.17, 15) is 26.0 Å². The topological polar surface area (TPSA) is 75.6 Å². The first-order valence-corrected chi connectivity index (χ1v) is 9.80. The summed E-state index contributed by atoms with van der Waals surface area (Å²) >= 11 is 3.05. The van der Waals surface area contributed by atoms with E-state index in [1.165, 1.54) is 0 Å². The van der Waals surface area contributed by atoms with Gasteiger partial charge >= 0.3 is 5.25 Å². The minimum Gasteiger partial charge on any atom is -0.456 e. The average Bonchev–Trinajstić information content (AvgIpc) is 2.71. The monoisotopic (exact) mass is 469 g/mol. The fourth-order valence-electron chi connectivity index (χ4n) is 2.75. The first kappa shape index (κ1) is 20.1. The predicted molar refractivity (Wildman–Crippen MR) is 90.5 cm³/mol. The van der Waals surface area contributed by atoms with Crippen molar-refractivity contribution in [1.82, 2.24) is 5.32 Å². The van der Waals surface area contributed by atoms with Crippen LogP contribution in [0.1, 0.15) is 11.6 Å². The molecule has 27 heavy (non-hydrogen) atoms. The molecule has 0 aliphatic carbocycles. The smallest absolute Gasteiger partial charge is 0.369 e. The maximum atomic E-state index is 14.5. The molecule has 0 amide bonds. The summed E-state index contributed by atoms with van der Waals surface area (Å²) in [6, 6.07) is 2.51. The highest BCUT2D eigenvalue weighted by Crippen LogP contribution is 2.53. The Balaban J connectivity index is 2.10. The Morgan fingerprint density at radius 2 is 1.81 bits per heavy atom. The van der Waals surface area contributed by atoms with Crippen LogP contribution in [0.5, 0.6) is 11.5 Å². The van der Waals surface area contributed by atoms with Crippen molar-refractivity contribution >= 4 is 25.8 Å². The highest BCUT2D eigenvalue weighted by atomic mass is 79.9. The Kier molecular flexibility index (Phi) is 5.23. The fourth-order valence-corrected chi connectivity index (χ4v) is 5.10. The zero-order valence-corrected chi connectivity index (χ0v) is 15.8. The summed E-state index contributed by atoms with van der Waals surface area (Å²) in [5.41, 5.74) is -0.289. The second-order valence-electron chi connectivity index (χ2n) is 5.67. The molecule has 0 saturated heterocycles. The highest BCUT2D eigenvalue weighted by molar-refractivity contribution is 9.10. The number of hydrogen-bond donors (Lipinski definition) is 2. The number of hydrogen-bond acceptors (Lipinski definition) is 5. The molecule has 3 rings (SSSR count). The van der Waals surface area contributed by atoms with Gasteiger partial charge in [0, 0.05) is 30.3 Å². The number of alkyl halides is 2. The van der Waals surface area contributed by atoms with E-state index in [2.05, 4.69) is 21.2 Å². The molecule has 0 aromatic heterocycles. The van der Waals surface area contributed by atoms with Crippen LogP contribution in [-0.2, 0) is 9.84 Å². The van der Waals surface area contributed by atoms with Gasteiger partial charge in [-0.25, -0.2) is 17.2 Å². The maximum Gasteiger partial charge on any atom is 0.369 e. The molecule has 2 aromatic rings. The highest BCUT2D eigenvalue weighted by Gasteiger charge is 2.61. The van der Waals surface area contributed by atoms with Crippen LogP contribution in [0, 0.1) is 11.6 Å². The largest absolute Gasteiger partial charge is 0.456 e. The number of benzene rings is 2. The summed E-state index contributed by atoms with van der Waals surface area (Å²) in [5, 5.41) is 7.02. The van der Waals surface area contributed by atoms with Crippen LogP contribution in [-0.4, -0.2) is 31.9 Å². The van der Waals surface area contributed by atoms with E-state index in [-0.39, 0.29) is 28.1 Å². The summed E-state index contributed by atoms with van der Waals surface area (Å²) in [6.45, 7) is -0.764. The molecule has 0 fully saturated rings. The molecule has 1 aliphatic rings. The van der Waals surface area contributed by atoms with Gasteiger partial charge in [0.25, 0.3) is 0 Å². The number of halogens is 5. The Morgan fingerprint density at radius 3 is 2.41 bits per heavy atom. The Hall–Kier alpha value is -1.69. The standard InChI is InChI=1S/C16H12BrF4NO4S/c17-14-11(26-10-6-8(18)5-9(19)7-10)1-2-12-13(14)15(22-3-4-23)16(20,21)27(12,24)25/h1-2,5-7,15,22-23H,3-4H2. The fraction of sp³-hybridized carbons (Fsp3) is 0.250. The van der Waals surface area contributed by atoms with Gasteiger partial charge in [0.15, 0.2) is 0 Å². The van der Waals surface area contributed by atoms with Crippen molar-refractivity contribution < 1.29 is 35.8 Å². The molecule has 146 valence electrons. The molecule has 5 nitrogen and oxygen atoms in total. The van der Waals surface area contributed by atoms with E-state index >= 15 is 0 Å². The summed E-state index contributed by atoms with van der Waals surface area (Å²) < 4.78 is 85.1. The van der Waals surface area contributed by atoms with Gasteiger partial charge in [0.1, 0.15) is 29.2 Å². The maximum absolute atomic E-state index is 14.5. The number of fused-ring (bicyclic) bond motifs is 1. The molecule has 2 N–H and O–H groups in total. The zero-order valence-electron chi connectivity index (χ0n) is 13.3. The van der Waals surface area contributed by atoms with Crippen molar-refractivity contribution in [2.24, 2.45) is 0 Å². The normalized spacial score (nSPS) is 19.7. The van der Waals surface area contributed by atoms with Crippen LogP contribution in [0.25, 0.3) is 0 Å². The van der Waals surface area contributed by atoms with Gasteiger partial charge in [0.2, 0.25) is 9.84 Å². The van der Waals surface area contributed by atoms with Crippen molar-refractivity contribution in [3.63, 3.8) is 0 Å². The third-order valence-electron chi connectivity index (χ3n) is 3.90. The lowest BCUT2D eigenvalue weighted by Gasteiger charge is -2.20. The summed E-state index contributed by atoms with van der Waals surface area (Å²) in [5.74, 6) is -2.15. The van der Waals surface area contributed by atoms with E-state index < -0.39 is 44.3 Å². The van der Waals surface area contributed by atoms with Crippen molar-refractivity contribution in [1.29, 1.82) is 0 Å². The number of nitrogens with one attached hydrogen (secondary N) is 1. The summed E-state index contributed by atoms with van der Waals surface area (Å²) in [4.78, 5) is -0.604. The minimum absolute atomic E-state index is 0.109. The molecule has 1 unspecified atom stereocenters. The van der Waals surface area contributed by atoms with E-state index in [1.54, 1.807) is 0 Å². The van der Waals surface area contributed by atoms with Gasteiger partial charge in [-0.15, -0.1) is 0 Å². The van der Waals surface area contributed by atoms with Gasteiger partial charge in [-0.3, -0.25) is 0 Å². The third kappa shape index (κ3) is 3.33. The van der Waals surface area contributed by atoms with E-state index in [0.29, 0.717) is 6.07 Å². The van der Waals surface area contributed by atoms with E-state index in [4.69, 9.17) is 9.84 Å². The first-order valence-electron chi connectivity index (χ1n) is 7.52. The Bertz CT molecular complexity index is 980. The van der Waals surface area contributed by atoms with E-state index in [1.807, 2.05) is 0 Å². The van der Waals surface area contributed by atoms with Gasteiger partial charge in [-0.2, -0.15) is 8.78 Å². The second kappa shape index (κ2) is 7.04. The summed E-state index contributed by atoms with van der Waals surface area (Å²) in [7, 11) is -4.97. The van der Waals surface area contributed by atoms with E-state index in [0.717, 1.165) is 24.3 Å². The minimum atomic E-state index is -4.97. The van der Waals surface area contributed by atoms with Gasteiger partial charge in [0.05, 0.1) is 16.0 Å². The quantitative estimate of drug-likeness (QED) is 0.655. The summed E-state index contributed by atoms with van der Waals surface area (Å²) in [6.07, 6.45) is 0. The Morgan fingerprint density at radius 1 is 1.19 bits per heavy atom. The molecule has 0 saturated carbocycles. The van der Waals surface area contributed by atoms with Crippen molar-refractivity contribution in [3.8, 4) is 11.5 Å². The van der Waals surface area contributed by atoms with Crippen LogP contribution < -0.4 is 10.1 Å². The van der Waals surface area contributed by atoms with Crippen molar-refractivity contribution in [2.75, 3.05) is 13.2 Å². The number of rotatable bonds is 5. The molecule has 1 heterocycles. The molecule has 0 radical (unpaired) electrons. The molecule has 0 bridgehead atoms. The predicted octanol–water partition coefficient (Wildman–Crippen LogP) is 3.52. The third-order valence-corrected chi connectivity index (χ3v) is 6.61. The molecular formula is C16H12BrF4NO4S. The van der Waals surface area contributed by atoms with Crippen LogP contribution in [0.15, 0.2) is 39.7 Å². The van der Waals surface area contributed by atoms with Crippen LogP contribution in [0.4, 0.5) is 17.6 Å². The molecule has 2 aromatic carbocycles. The van der Waals surface area contributed by atoms with Gasteiger partial charge in [-0.1, -0.05) is 0 Å². The van der Waals surface area contributed by atoms with Crippen molar-refractivity contribution in [2.45, 2.75) is 16.2 Å². The van der Waals surface area contributed by atoms with Crippen LogP contribution in [0.2, 0.25) is 0 Å². The Labute approximate surface area is 160 Å². The molecule has 0 spiro atoms. The van der Waals surface area contributed by atoms with Crippen LogP contribution in [0.3, 0.4) is 0 Å². The average molecular weight is 470 g/mol. The lowest BCUT2D eigenvalue weighted by Crippen LogP contribution is -2.38. The molecule has 11 heteroatoms. The van der Waals surface area contributed by atoms with Crippen LogP contribution >= 0.6 is 15.9 Å². The second-order valence-corrected chi connectivity index (χ2v) is 8.46. The number of aliphatic hydroxyl groups is 1. The van der Waals surface area contributed by atoms with Gasteiger partial charge < -0.3 is 15.2 Å². The lowest BCUT2D eigenvalue weighted by atomic mass is 10.1. The molecule has 1 aliphatic heterocycles. The SMILES string of the molecule is O=S1(=O)c2ccc(Oc3cc(F)cc(F)c3)c(Br)c2C(NCCO)C1(F)F.